The molecule has 0 radical (unpaired) electrons. The Kier molecular flexibility index (Phi) is 5.90. The fraction of sp³-hybridized carbons (Fsp3) is 0.0333. The van der Waals surface area contributed by atoms with E-state index < -0.39 is 0 Å². The molecule has 0 atom stereocenters. The van der Waals surface area contributed by atoms with Gasteiger partial charge in [-0.2, -0.15) is 5.10 Å². The second-order valence-electron chi connectivity index (χ2n) is 9.33. The van der Waals surface area contributed by atoms with Crippen LogP contribution < -0.4 is 5.32 Å². The topological polar surface area (TPSA) is 142 Å². The molecule has 11 heteroatoms. The van der Waals surface area contributed by atoms with Crippen molar-refractivity contribution in [3.8, 4) is 33.3 Å². The van der Waals surface area contributed by atoms with Gasteiger partial charge >= 0.3 is 0 Å². The summed E-state index contributed by atoms with van der Waals surface area (Å²) < 4.78 is 0. The zero-order valence-electron chi connectivity index (χ0n) is 21.5. The van der Waals surface area contributed by atoms with Crippen LogP contribution in [-0.4, -0.2) is 46.8 Å². The summed E-state index contributed by atoms with van der Waals surface area (Å²) in [6.45, 7) is 1.55. The SMILES string of the molecule is CC(=O)c1ccc(-c2nccc3[nH]c(-c4n[nH]c5cnc(-c6cncc(NC(=O)c7ccccc7)c6)cc45)nc23)s1. The molecule has 41 heavy (non-hydrogen) atoms. The van der Waals surface area contributed by atoms with Crippen LogP contribution in [-0.2, 0) is 0 Å². The van der Waals surface area contributed by atoms with Crippen LogP contribution in [0.25, 0.3) is 55.3 Å². The van der Waals surface area contributed by atoms with Crippen LogP contribution in [0.1, 0.15) is 27.0 Å². The number of thiophene rings is 1. The number of aromatic amines is 2. The minimum absolute atomic E-state index is 0.0165. The van der Waals surface area contributed by atoms with Crippen LogP contribution in [0.3, 0.4) is 0 Å². The highest BCUT2D eigenvalue weighted by Crippen LogP contribution is 2.34. The van der Waals surface area contributed by atoms with Crippen LogP contribution >= 0.6 is 11.3 Å². The van der Waals surface area contributed by atoms with Crippen LogP contribution in [0.5, 0.6) is 0 Å². The van der Waals surface area contributed by atoms with E-state index in [9.17, 15) is 9.59 Å². The Bertz CT molecular complexity index is 2090. The number of anilines is 1. The molecule has 0 bridgehead atoms. The second kappa shape index (κ2) is 9.88. The number of carbonyl (C=O) groups is 2. The second-order valence-corrected chi connectivity index (χ2v) is 10.4. The summed E-state index contributed by atoms with van der Waals surface area (Å²) in [5.74, 6) is 0.370. The van der Waals surface area contributed by atoms with Crippen LogP contribution in [0, 0.1) is 0 Å². The number of nitrogens with one attached hydrogen (secondary N) is 3. The third kappa shape index (κ3) is 4.53. The Hall–Kier alpha value is -5.55. The number of hydrogen-bond donors (Lipinski definition) is 3. The normalized spacial score (nSPS) is 11.2. The molecule has 6 aromatic heterocycles. The number of benzene rings is 1. The molecule has 0 aliphatic rings. The third-order valence-corrected chi connectivity index (χ3v) is 7.78. The molecule has 0 fully saturated rings. The van der Waals surface area contributed by atoms with Gasteiger partial charge < -0.3 is 10.3 Å². The number of amides is 1. The highest BCUT2D eigenvalue weighted by molar-refractivity contribution is 7.17. The van der Waals surface area contributed by atoms with E-state index in [0.717, 1.165) is 26.9 Å². The Labute approximate surface area is 236 Å². The van der Waals surface area contributed by atoms with E-state index in [-0.39, 0.29) is 11.7 Å². The standard InChI is InChI=1S/C30H20N8O2S/c1-16(39)24-7-8-25(41-24)28-27-21(9-10-32-28)35-29(36-27)26-20-12-22(33-15-23(20)37-38-26)18-11-19(14-31-13-18)34-30(40)17-5-3-2-4-6-17/h2-15H,1H3,(H,34,40)(H,35,36)(H,37,38). The van der Waals surface area contributed by atoms with E-state index in [4.69, 9.17) is 4.98 Å². The lowest BCUT2D eigenvalue weighted by atomic mass is 10.1. The highest BCUT2D eigenvalue weighted by Gasteiger charge is 2.18. The first-order chi connectivity index (χ1) is 20.0. The van der Waals surface area contributed by atoms with Crippen LogP contribution in [0.15, 0.2) is 85.5 Å². The minimum atomic E-state index is -0.219. The predicted octanol–water partition coefficient (Wildman–Crippen LogP) is 6.14. The Morgan fingerprint density at radius 1 is 0.902 bits per heavy atom. The van der Waals surface area contributed by atoms with Gasteiger partial charge in [0.1, 0.15) is 16.9 Å². The molecule has 6 heterocycles. The monoisotopic (exact) mass is 556 g/mol. The maximum Gasteiger partial charge on any atom is 0.255 e. The molecule has 0 aliphatic heterocycles. The van der Waals surface area contributed by atoms with E-state index in [1.807, 2.05) is 48.5 Å². The van der Waals surface area contributed by atoms with Gasteiger partial charge in [-0.3, -0.25) is 29.6 Å². The molecule has 0 unspecified atom stereocenters. The van der Waals surface area contributed by atoms with Crippen molar-refractivity contribution in [1.29, 1.82) is 0 Å². The zero-order chi connectivity index (χ0) is 27.9. The quantitative estimate of drug-likeness (QED) is 0.209. The van der Waals surface area contributed by atoms with Crippen molar-refractivity contribution >= 4 is 50.7 Å². The van der Waals surface area contributed by atoms with Crippen molar-refractivity contribution in [2.24, 2.45) is 0 Å². The lowest BCUT2D eigenvalue weighted by Crippen LogP contribution is -2.11. The third-order valence-electron chi connectivity index (χ3n) is 6.59. The Morgan fingerprint density at radius 3 is 2.61 bits per heavy atom. The van der Waals surface area contributed by atoms with Gasteiger partial charge in [0.05, 0.1) is 44.6 Å². The molecule has 198 valence electrons. The van der Waals surface area contributed by atoms with Gasteiger partial charge in [-0.15, -0.1) is 11.3 Å². The number of aromatic nitrogens is 7. The van der Waals surface area contributed by atoms with E-state index >= 15 is 0 Å². The van der Waals surface area contributed by atoms with E-state index in [2.05, 4.69) is 35.5 Å². The summed E-state index contributed by atoms with van der Waals surface area (Å²) in [6.07, 6.45) is 6.72. The number of Topliss-reactive ketones (excluding diaryl/α,β-unsaturated/α-hetero) is 1. The molecule has 7 rings (SSSR count). The fourth-order valence-electron chi connectivity index (χ4n) is 4.58. The van der Waals surface area contributed by atoms with Gasteiger partial charge in [0.15, 0.2) is 11.6 Å². The molecule has 1 amide bonds. The summed E-state index contributed by atoms with van der Waals surface area (Å²) in [4.78, 5) is 47.6. The van der Waals surface area contributed by atoms with Gasteiger partial charge in [-0.25, -0.2) is 4.98 Å². The Morgan fingerprint density at radius 2 is 1.78 bits per heavy atom. The average Bonchev–Trinajstić information content (AvgIpc) is 3.75. The first-order valence-corrected chi connectivity index (χ1v) is 13.5. The molecule has 0 saturated carbocycles. The van der Waals surface area contributed by atoms with Crippen molar-refractivity contribution in [3.05, 3.63) is 95.9 Å². The lowest BCUT2D eigenvalue weighted by molar-refractivity contribution is 0.101. The summed E-state index contributed by atoms with van der Waals surface area (Å²) in [7, 11) is 0. The number of fused-ring (bicyclic) bond motifs is 2. The number of rotatable bonds is 6. The van der Waals surface area contributed by atoms with Crippen LogP contribution in [0.4, 0.5) is 5.69 Å². The summed E-state index contributed by atoms with van der Waals surface area (Å²) in [5.41, 5.74) is 6.08. The number of H-pyrrole nitrogens is 2. The average molecular weight is 557 g/mol. The number of carbonyl (C=O) groups excluding carboxylic acids is 2. The minimum Gasteiger partial charge on any atom is -0.336 e. The van der Waals surface area contributed by atoms with E-state index in [1.54, 1.807) is 43.8 Å². The highest BCUT2D eigenvalue weighted by atomic mass is 32.1. The Balaban J connectivity index is 1.24. The molecule has 0 saturated heterocycles. The van der Waals surface area contributed by atoms with Gasteiger partial charge in [0.2, 0.25) is 0 Å². The zero-order valence-corrected chi connectivity index (χ0v) is 22.4. The number of hydrogen-bond acceptors (Lipinski definition) is 8. The molecule has 0 aliphatic carbocycles. The van der Waals surface area contributed by atoms with Crippen molar-refractivity contribution < 1.29 is 9.59 Å². The molecule has 7 aromatic rings. The summed E-state index contributed by atoms with van der Waals surface area (Å²) >= 11 is 1.39. The first kappa shape index (κ1) is 24.5. The molecular formula is C30H20N8O2S. The van der Waals surface area contributed by atoms with Gasteiger partial charge in [0, 0.05) is 28.9 Å². The first-order valence-electron chi connectivity index (χ1n) is 12.7. The maximum absolute atomic E-state index is 12.6. The molecular weight excluding hydrogens is 536 g/mol. The van der Waals surface area contributed by atoms with Gasteiger partial charge in [-0.1, -0.05) is 18.2 Å². The van der Waals surface area contributed by atoms with Crippen molar-refractivity contribution in [1.82, 2.24) is 35.1 Å². The number of ketones is 1. The van der Waals surface area contributed by atoms with E-state index in [1.165, 1.54) is 11.3 Å². The van der Waals surface area contributed by atoms with Crippen molar-refractivity contribution in [2.45, 2.75) is 6.92 Å². The smallest absolute Gasteiger partial charge is 0.255 e. The predicted molar refractivity (Wildman–Crippen MR) is 158 cm³/mol. The van der Waals surface area contributed by atoms with Crippen LogP contribution in [0.2, 0.25) is 0 Å². The largest absolute Gasteiger partial charge is 0.336 e. The lowest BCUT2D eigenvalue weighted by Gasteiger charge is -2.07. The van der Waals surface area contributed by atoms with Gasteiger partial charge in [-0.05, 0) is 49.4 Å². The number of pyridine rings is 3. The van der Waals surface area contributed by atoms with Gasteiger partial charge in [0.25, 0.3) is 5.91 Å². The molecule has 3 N–H and O–H groups in total. The maximum atomic E-state index is 12.6. The molecule has 0 spiro atoms. The van der Waals surface area contributed by atoms with Crippen molar-refractivity contribution in [3.63, 3.8) is 0 Å². The molecule has 1 aromatic carbocycles. The number of imidazole rings is 1. The molecule has 10 nitrogen and oxygen atoms in total. The number of nitrogens with zero attached hydrogens (tertiary/aromatic N) is 5. The van der Waals surface area contributed by atoms with E-state index in [0.29, 0.717) is 44.6 Å². The van der Waals surface area contributed by atoms with Crippen molar-refractivity contribution in [2.75, 3.05) is 5.32 Å². The summed E-state index contributed by atoms with van der Waals surface area (Å²) in [6, 6.07) is 18.3. The fourth-order valence-corrected chi connectivity index (χ4v) is 5.48. The summed E-state index contributed by atoms with van der Waals surface area (Å²) in [5, 5.41) is 11.3.